The Balaban J connectivity index is 1.97. The summed E-state index contributed by atoms with van der Waals surface area (Å²) >= 11 is 3.35. The standard InChI is InChI=1S/C11H12BrN3O/c12-10-7-15-11(13-10)2-1-9(14-15)8-3-5-16-6-4-8/h1-2,7-8H,3-6H2. The van der Waals surface area contributed by atoms with E-state index < -0.39 is 0 Å². The van der Waals surface area contributed by atoms with Gasteiger partial charge in [-0.2, -0.15) is 5.10 Å². The smallest absolute Gasteiger partial charge is 0.154 e. The summed E-state index contributed by atoms with van der Waals surface area (Å²) < 4.78 is 8.01. The minimum absolute atomic E-state index is 0.527. The molecule has 3 rings (SSSR count). The third kappa shape index (κ3) is 1.85. The summed E-state index contributed by atoms with van der Waals surface area (Å²) in [5.74, 6) is 0.527. The SMILES string of the molecule is Brc1cn2nc(C3CCOCC3)ccc2n1. The summed E-state index contributed by atoms with van der Waals surface area (Å²) in [4.78, 5) is 4.29. The zero-order chi connectivity index (χ0) is 11.0. The first-order valence-electron chi connectivity index (χ1n) is 5.42. The minimum Gasteiger partial charge on any atom is -0.381 e. The van der Waals surface area contributed by atoms with E-state index in [0.29, 0.717) is 5.92 Å². The number of aromatic nitrogens is 3. The van der Waals surface area contributed by atoms with E-state index in [9.17, 15) is 0 Å². The third-order valence-corrected chi connectivity index (χ3v) is 3.33. The summed E-state index contributed by atoms with van der Waals surface area (Å²) in [6, 6.07) is 4.09. The van der Waals surface area contributed by atoms with Crippen molar-refractivity contribution in [3.05, 3.63) is 28.6 Å². The van der Waals surface area contributed by atoms with Crippen LogP contribution in [0.4, 0.5) is 0 Å². The summed E-state index contributed by atoms with van der Waals surface area (Å²) in [5.41, 5.74) is 2.02. The Morgan fingerprint density at radius 3 is 2.94 bits per heavy atom. The molecule has 1 aliphatic heterocycles. The van der Waals surface area contributed by atoms with Crippen LogP contribution < -0.4 is 0 Å². The van der Waals surface area contributed by atoms with Crippen LogP contribution in [0.2, 0.25) is 0 Å². The monoisotopic (exact) mass is 281 g/mol. The lowest BCUT2D eigenvalue weighted by molar-refractivity contribution is 0.0843. The van der Waals surface area contributed by atoms with Crippen LogP contribution in [0, 0.1) is 0 Å². The van der Waals surface area contributed by atoms with Crippen LogP contribution in [-0.4, -0.2) is 27.8 Å². The molecule has 0 N–H and O–H groups in total. The van der Waals surface area contributed by atoms with E-state index in [1.807, 2.05) is 16.8 Å². The van der Waals surface area contributed by atoms with Crippen LogP contribution in [0.3, 0.4) is 0 Å². The molecule has 0 saturated carbocycles. The predicted octanol–water partition coefficient (Wildman–Crippen LogP) is 2.39. The fourth-order valence-corrected chi connectivity index (χ4v) is 2.45. The van der Waals surface area contributed by atoms with Crippen molar-refractivity contribution in [2.24, 2.45) is 0 Å². The van der Waals surface area contributed by atoms with Crippen molar-refractivity contribution in [3.63, 3.8) is 0 Å². The van der Waals surface area contributed by atoms with Gasteiger partial charge in [0.1, 0.15) is 4.60 Å². The second-order valence-electron chi connectivity index (χ2n) is 4.01. The molecule has 84 valence electrons. The average molecular weight is 282 g/mol. The number of halogens is 1. The van der Waals surface area contributed by atoms with Gasteiger partial charge in [-0.15, -0.1) is 0 Å². The van der Waals surface area contributed by atoms with Gasteiger partial charge in [0.25, 0.3) is 0 Å². The molecule has 0 aromatic carbocycles. The minimum atomic E-state index is 0.527. The summed E-state index contributed by atoms with van der Waals surface area (Å²) in [6.45, 7) is 1.69. The van der Waals surface area contributed by atoms with Gasteiger partial charge in [-0.05, 0) is 40.9 Å². The Bertz CT molecular complexity index is 505. The average Bonchev–Trinajstić information content (AvgIpc) is 2.69. The highest BCUT2D eigenvalue weighted by Crippen LogP contribution is 2.25. The molecule has 0 spiro atoms. The topological polar surface area (TPSA) is 39.4 Å². The normalized spacial score (nSPS) is 18.1. The maximum absolute atomic E-state index is 5.36. The number of ether oxygens (including phenoxy) is 1. The molecule has 0 bridgehead atoms. The van der Waals surface area contributed by atoms with Gasteiger partial charge < -0.3 is 4.74 Å². The van der Waals surface area contributed by atoms with E-state index in [-0.39, 0.29) is 0 Å². The highest BCUT2D eigenvalue weighted by atomic mass is 79.9. The lowest BCUT2D eigenvalue weighted by Crippen LogP contribution is -2.15. The van der Waals surface area contributed by atoms with Crippen molar-refractivity contribution in [2.45, 2.75) is 18.8 Å². The molecule has 0 aliphatic carbocycles. The maximum Gasteiger partial charge on any atom is 0.154 e. The molecule has 0 radical (unpaired) electrons. The molecular weight excluding hydrogens is 270 g/mol. The largest absolute Gasteiger partial charge is 0.381 e. The Labute approximate surface area is 102 Å². The van der Waals surface area contributed by atoms with Crippen molar-refractivity contribution in [3.8, 4) is 0 Å². The maximum atomic E-state index is 5.36. The summed E-state index contributed by atoms with van der Waals surface area (Å²) in [6.07, 6.45) is 4.01. The molecule has 5 heteroatoms. The molecular formula is C11H12BrN3O. The van der Waals surface area contributed by atoms with E-state index in [2.05, 4.69) is 32.1 Å². The number of hydrogen-bond donors (Lipinski definition) is 0. The van der Waals surface area contributed by atoms with E-state index in [1.165, 1.54) is 0 Å². The Morgan fingerprint density at radius 2 is 2.12 bits per heavy atom. The second-order valence-corrected chi connectivity index (χ2v) is 4.82. The Hall–Kier alpha value is -0.940. The number of fused-ring (bicyclic) bond motifs is 1. The highest BCUT2D eigenvalue weighted by Gasteiger charge is 2.17. The third-order valence-electron chi connectivity index (χ3n) is 2.95. The molecule has 1 fully saturated rings. The van der Waals surface area contributed by atoms with Gasteiger partial charge in [-0.1, -0.05) is 0 Å². The van der Waals surface area contributed by atoms with Gasteiger partial charge in [0.2, 0.25) is 0 Å². The van der Waals surface area contributed by atoms with Crippen LogP contribution in [-0.2, 0) is 4.74 Å². The number of rotatable bonds is 1. The molecule has 2 aromatic heterocycles. The van der Waals surface area contributed by atoms with Gasteiger partial charge >= 0.3 is 0 Å². The summed E-state index contributed by atoms with van der Waals surface area (Å²) in [7, 11) is 0. The van der Waals surface area contributed by atoms with Crippen LogP contribution in [0.15, 0.2) is 22.9 Å². The lowest BCUT2D eigenvalue weighted by atomic mass is 9.96. The van der Waals surface area contributed by atoms with Gasteiger partial charge in [0, 0.05) is 19.1 Å². The molecule has 4 nitrogen and oxygen atoms in total. The molecule has 3 heterocycles. The zero-order valence-electron chi connectivity index (χ0n) is 8.77. The molecule has 0 amide bonds. The number of imidazole rings is 1. The van der Waals surface area contributed by atoms with E-state index >= 15 is 0 Å². The molecule has 1 aliphatic rings. The van der Waals surface area contributed by atoms with E-state index in [4.69, 9.17) is 4.74 Å². The number of hydrogen-bond acceptors (Lipinski definition) is 3. The van der Waals surface area contributed by atoms with Gasteiger partial charge in [0.15, 0.2) is 5.65 Å². The quantitative estimate of drug-likeness (QED) is 0.806. The summed E-state index contributed by atoms with van der Waals surface area (Å²) in [5, 5.41) is 4.59. The molecule has 0 atom stereocenters. The van der Waals surface area contributed by atoms with Gasteiger partial charge in [0.05, 0.1) is 11.9 Å². The second kappa shape index (κ2) is 4.14. The first-order chi connectivity index (χ1) is 7.83. The van der Waals surface area contributed by atoms with Crippen molar-refractivity contribution in [1.82, 2.24) is 14.6 Å². The van der Waals surface area contributed by atoms with E-state index in [1.54, 1.807) is 0 Å². The van der Waals surface area contributed by atoms with Gasteiger partial charge in [-0.25, -0.2) is 9.50 Å². The molecule has 1 saturated heterocycles. The number of nitrogens with zero attached hydrogens (tertiary/aromatic N) is 3. The zero-order valence-corrected chi connectivity index (χ0v) is 10.4. The fourth-order valence-electron chi connectivity index (χ4n) is 2.08. The van der Waals surface area contributed by atoms with Crippen LogP contribution >= 0.6 is 15.9 Å². The molecule has 2 aromatic rings. The van der Waals surface area contributed by atoms with Gasteiger partial charge in [-0.3, -0.25) is 0 Å². The van der Waals surface area contributed by atoms with Crippen LogP contribution in [0.5, 0.6) is 0 Å². The van der Waals surface area contributed by atoms with Crippen LogP contribution in [0.25, 0.3) is 5.65 Å². The fraction of sp³-hybridized carbons (Fsp3) is 0.455. The van der Waals surface area contributed by atoms with Crippen LogP contribution in [0.1, 0.15) is 24.5 Å². The molecule has 0 unspecified atom stereocenters. The predicted molar refractivity (Wildman–Crippen MR) is 63.5 cm³/mol. The molecule has 16 heavy (non-hydrogen) atoms. The Morgan fingerprint density at radius 1 is 1.31 bits per heavy atom. The van der Waals surface area contributed by atoms with Crippen molar-refractivity contribution in [2.75, 3.05) is 13.2 Å². The van der Waals surface area contributed by atoms with E-state index in [0.717, 1.165) is 42.0 Å². The highest BCUT2D eigenvalue weighted by molar-refractivity contribution is 9.10. The van der Waals surface area contributed by atoms with Crippen molar-refractivity contribution < 1.29 is 4.74 Å². The van der Waals surface area contributed by atoms with Crippen molar-refractivity contribution >= 4 is 21.6 Å². The van der Waals surface area contributed by atoms with Crippen molar-refractivity contribution in [1.29, 1.82) is 0 Å². The first kappa shape index (κ1) is 10.2. The first-order valence-corrected chi connectivity index (χ1v) is 6.22. The Kier molecular flexibility index (Phi) is 2.65. The lowest BCUT2D eigenvalue weighted by Gasteiger charge is -2.21.